The van der Waals surface area contributed by atoms with Crippen molar-refractivity contribution in [2.75, 3.05) is 0 Å². The Bertz CT molecular complexity index is 327. The predicted molar refractivity (Wildman–Crippen MR) is 63.8 cm³/mol. The van der Waals surface area contributed by atoms with Crippen LogP contribution in [0.3, 0.4) is 0 Å². The molecule has 1 heterocycles. The second-order valence-corrected chi connectivity index (χ2v) is 5.52. The Morgan fingerprint density at radius 3 is 2.44 bits per heavy atom. The number of aromatic nitrogens is 2. The Balaban J connectivity index is 2.66. The van der Waals surface area contributed by atoms with Crippen LogP contribution in [-0.2, 0) is 6.42 Å². The average Bonchev–Trinajstić information content (AvgIpc) is 2.63. The van der Waals surface area contributed by atoms with Crippen molar-refractivity contribution < 1.29 is 4.42 Å². The third-order valence-electron chi connectivity index (χ3n) is 3.20. The highest BCUT2D eigenvalue weighted by Gasteiger charge is 2.23. The van der Waals surface area contributed by atoms with Gasteiger partial charge in [-0.3, -0.25) is 0 Å². The van der Waals surface area contributed by atoms with Gasteiger partial charge in [-0.1, -0.05) is 34.6 Å². The first kappa shape index (κ1) is 13.2. The fourth-order valence-electron chi connectivity index (χ4n) is 1.24. The molecule has 2 unspecified atom stereocenters. The maximum atomic E-state index is 5.83. The van der Waals surface area contributed by atoms with Crippen LogP contribution in [0.1, 0.15) is 58.9 Å². The largest absolute Gasteiger partial charge is 0.424 e. The molecule has 1 rings (SSSR count). The highest BCUT2D eigenvalue weighted by Crippen LogP contribution is 2.28. The average molecular weight is 225 g/mol. The molecule has 1 aromatic rings. The summed E-state index contributed by atoms with van der Waals surface area (Å²) in [6.07, 6.45) is 1.63. The van der Waals surface area contributed by atoms with E-state index in [0.717, 1.165) is 12.8 Å². The molecule has 0 bridgehead atoms. The van der Waals surface area contributed by atoms with Crippen LogP contribution in [0.2, 0.25) is 0 Å². The first-order chi connectivity index (χ1) is 7.34. The van der Waals surface area contributed by atoms with Gasteiger partial charge in [-0.15, -0.1) is 10.2 Å². The van der Waals surface area contributed by atoms with Gasteiger partial charge in [0.2, 0.25) is 11.8 Å². The lowest BCUT2D eigenvalue weighted by Crippen LogP contribution is -2.19. The molecule has 0 aliphatic heterocycles. The van der Waals surface area contributed by atoms with Gasteiger partial charge in [0.15, 0.2) is 0 Å². The number of hydrogen-bond acceptors (Lipinski definition) is 4. The van der Waals surface area contributed by atoms with Gasteiger partial charge in [0, 0.05) is 6.42 Å². The molecule has 0 radical (unpaired) electrons. The van der Waals surface area contributed by atoms with Gasteiger partial charge in [-0.25, -0.2) is 0 Å². The van der Waals surface area contributed by atoms with Gasteiger partial charge in [-0.2, -0.15) is 0 Å². The first-order valence-electron chi connectivity index (χ1n) is 5.92. The molecular formula is C12H23N3O. The van der Waals surface area contributed by atoms with Crippen molar-refractivity contribution in [1.82, 2.24) is 10.2 Å². The first-order valence-corrected chi connectivity index (χ1v) is 5.92. The SMILES string of the molecule is CCC(N)c1nnc(CC(C)C(C)(C)C)o1. The zero-order valence-corrected chi connectivity index (χ0v) is 10.9. The third kappa shape index (κ3) is 3.30. The number of hydrogen-bond donors (Lipinski definition) is 1. The Hall–Kier alpha value is -0.900. The van der Waals surface area contributed by atoms with Crippen LogP contribution in [0.15, 0.2) is 4.42 Å². The van der Waals surface area contributed by atoms with E-state index in [2.05, 4.69) is 37.9 Å². The molecule has 0 aromatic carbocycles. The fourth-order valence-corrected chi connectivity index (χ4v) is 1.24. The minimum absolute atomic E-state index is 0.133. The molecule has 0 saturated carbocycles. The van der Waals surface area contributed by atoms with E-state index in [1.165, 1.54) is 0 Å². The van der Waals surface area contributed by atoms with Crippen molar-refractivity contribution in [2.45, 2.75) is 53.5 Å². The maximum absolute atomic E-state index is 5.83. The van der Waals surface area contributed by atoms with Crippen molar-refractivity contribution in [3.63, 3.8) is 0 Å². The van der Waals surface area contributed by atoms with E-state index in [1.807, 2.05) is 6.92 Å². The lowest BCUT2D eigenvalue weighted by Gasteiger charge is -2.25. The summed E-state index contributed by atoms with van der Waals surface area (Å²) in [7, 11) is 0. The molecule has 0 spiro atoms. The van der Waals surface area contributed by atoms with Gasteiger partial charge >= 0.3 is 0 Å². The van der Waals surface area contributed by atoms with Crippen molar-refractivity contribution >= 4 is 0 Å². The van der Waals surface area contributed by atoms with Crippen LogP contribution in [0.25, 0.3) is 0 Å². The number of nitrogens with zero attached hydrogens (tertiary/aromatic N) is 2. The smallest absolute Gasteiger partial charge is 0.233 e. The minimum Gasteiger partial charge on any atom is -0.424 e. The minimum atomic E-state index is -0.133. The second-order valence-electron chi connectivity index (χ2n) is 5.52. The highest BCUT2D eigenvalue weighted by molar-refractivity contribution is 4.90. The molecule has 2 atom stereocenters. The maximum Gasteiger partial charge on any atom is 0.233 e. The Morgan fingerprint density at radius 1 is 1.31 bits per heavy atom. The molecule has 92 valence electrons. The number of nitrogens with two attached hydrogens (primary N) is 1. The molecule has 0 saturated heterocycles. The van der Waals surface area contributed by atoms with E-state index in [4.69, 9.17) is 10.2 Å². The topological polar surface area (TPSA) is 64.9 Å². The summed E-state index contributed by atoms with van der Waals surface area (Å²) in [6, 6.07) is -0.133. The molecule has 4 heteroatoms. The summed E-state index contributed by atoms with van der Waals surface area (Å²) in [6.45, 7) is 10.8. The van der Waals surface area contributed by atoms with Crippen molar-refractivity contribution in [2.24, 2.45) is 17.1 Å². The summed E-state index contributed by atoms with van der Waals surface area (Å²) in [5.74, 6) is 1.75. The van der Waals surface area contributed by atoms with E-state index < -0.39 is 0 Å². The van der Waals surface area contributed by atoms with E-state index >= 15 is 0 Å². The molecule has 4 nitrogen and oxygen atoms in total. The normalized spacial score (nSPS) is 16.1. The monoisotopic (exact) mass is 225 g/mol. The molecule has 0 amide bonds. The van der Waals surface area contributed by atoms with E-state index in [0.29, 0.717) is 17.7 Å². The molecule has 0 aliphatic carbocycles. The Labute approximate surface area is 97.6 Å². The molecule has 2 N–H and O–H groups in total. The summed E-state index contributed by atoms with van der Waals surface area (Å²) < 4.78 is 5.55. The van der Waals surface area contributed by atoms with Crippen LogP contribution in [-0.4, -0.2) is 10.2 Å². The predicted octanol–water partition coefficient (Wildman–Crippen LogP) is 2.70. The van der Waals surface area contributed by atoms with E-state index in [-0.39, 0.29) is 11.5 Å². The van der Waals surface area contributed by atoms with Crippen LogP contribution in [0.4, 0.5) is 0 Å². The van der Waals surface area contributed by atoms with Crippen molar-refractivity contribution in [3.05, 3.63) is 11.8 Å². The summed E-state index contributed by atoms with van der Waals surface area (Å²) in [4.78, 5) is 0. The van der Waals surface area contributed by atoms with Gasteiger partial charge in [0.1, 0.15) is 0 Å². The zero-order chi connectivity index (χ0) is 12.3. The van der Waals surface area contributed by atoms with E-state index in [1.54, 1.807) is 0 Å². The highest BCUT2D eigenvalue weighted by atomic mass is 16.4. The second kappa shape index (κ2) is 4.95. The molecular weight excluding hydrogens is 202 g/mol. The third-order valence-corrected chi connectivity index (χ3v) is 3.20. The van der Waals surface area contributed by atoms with Gasteiger partial charge in [0.05, 0.1) is 6.04 Å². The van der Waals surface area contributed by atoms with Crippen molar-refractivity contribution in [3.8, 4) is 0 Å². The fraction of sp³-hybridized carbons (Fsp3) is 0.833. The zero-order valence-electron chi connectivity index (χ0n) is 10.9. The van der Waals surface area contributed by atoms with E-state index in [9.17, 15) is 0 Å². The summed E-state index contributed by atoms with van der Waals surface area (Å²) in [5.41, 5.74) is 6.08. The van der Waals surface area contributed by atoms with Crippen molar-refractivity contribution in [1.29, 1.82) is 0 Å². The van der Waals surface area contributed by atoms with Crippen LogP contribution in [0, 0.1) is 11.3 Å². The number of rotatable bonds is 4. The lowest BCUT2D eigenvalue weighted by molar-refractivity contribution is 0.242. The molecule has 0 aliphatic rings. The van der Waals surface area contributed by atoms with Gasteiger partial charge < -0.3 is 10.2 Å². The summed E-state index contributed by atoms with van der Waals surface area (Å²) in [5, 5.41) is 8.02. The standard InChI is InChI=1S/C12H23N3O/c1-6-9(13)11-15-14-10(16-11)7-8(2)12(3,4)5/h8-9H,6-7,13H2,1-5H3. The van der Waals surface area contributed by atoms with Crippen LogP contribution < -0.4 is 5.73 Å². The molecule has 16 heavy (non-hydrogen) atoms. The quantitative estimate of drug-likeness (QED) is 0.855. The Kier molecular flexibility index (Phi) is 4.08. The van der Waals surface area contributed by atoms with Crippen LogP contribution >= 0.6 is 0 Å². The molecule has 0 fully saturated rings. The van der Waals surface area contributed by atoms with Crippen LogP contribution in [0.5, 0.6) is 0 Å². The molecule has 1 aromatic heterocycles. The lowest BCUT2D eigenvalue weighted by atomic mass is 9.80. The van der Waals surface area contributed by atoms with Gasteiger partial charge in [0.25, 0.3) is 0 Å². The Morgan fingerprint density at radius 2 is 1.94 bits per heavy atom. The summed E-state index contributed by atoms with van der Waals surface area (Å²) >= 11 is 0. The van der Waals surface area contributed by atoms with Gasteiger partial charge in [-0.05, 0) is 17.8 Å².